The summed E-state index contributed by atoms with van der Waals surface area (Å²) in [4.78, 5) is 13.3. The van der Waals surface area contributed by atoms with Crippen molar-refractivity contribution in [1.29, 1.82) is 0 Å². The van der Waals surface area contributed by atoms with Crippen LogP contribution in [0.4, 0.5) is 8.78 Å². The summed E-state index contributed by atoms with van der Waals surface area (Å²) in [5.41, 5.74) is 2.22. The fourth-order valence-electron chi connectivity index (χ4n) is 4.55. The van der Waals surface area contributed by atoms with Gasteiger partial charge in [-0.05, 0) is 62.7 Å². The van der Waals surface area contributed by atoms with E-state index in [0.717, 1.165) is 72.4 Å². The lowest BCUT2D eigenvalue weighted by molar-refractivity contribution is -0.130. The topological polar surface area (TPSA) is 38.3 Å². The number of carbonyl (C=O) groups excluding carboxylic acids is 1. The predicted octanol–water partition coefficient (Wildman–Crippen LogP) is 6.67. The molecule has 3 nitrogen and oxygen atoms in total. The van der Waals surface area contributed by atoms with Crippen molar-refractivity contribution in [3.05, 3.63) is 35.4 Å². The van der Waals surface area contributed by atoms with Crippen molar-refractivity contribution in [3.63, 3.8) is 0 Å². The number of benzene rings is 1. The Kier molecular flexibility index (Phi) is 6.67. The van der Waals surface area contributed by atoms with E-state index in [2.05, 4.69) is 12.2 Å². The largest absolute Gasteiger partial charge is 0.451 e. The van der Waals surface area contributed by atoms with Crippen LogP contribution >= 0.6 is 22.6 Å². The maximum Gasteiger partial charge on any atom is 0.451 e. The van der Waals surface area contributed by atoms with Crippen LogP contribution in [0.25, 0.3) is 5.70 Å². The SMILES string of the molecule is CCC1CCCC2(CCC(C)=C(c3cccc(OC(F)(F)I)c3)NC2=O)CC1. The second kappa shape index (κ2) is 8.67. The highest BCUT2D eigenvalue weighted by Gasteiger charge is 2.41. The first-order valence-electron chi connectivity index (χ1n) is 10.1. The maximum absolute atomic E-state index is 13.3. The molecule has 1 saturated carbocycles. The van der Waals surface area contributed by atoms with Gasteiger partial charge in [0.2, 0.25) is 5.91 Å². The molecule has 1 aromatic rings. The molecule has 0 radical (unpaired) electrons. The third-order valence-electron chi connectivity index (χ3n) is 6.36. The van der Waals surface area contributed by atoms with Crippen molar-refractivity contribution in [2.75, 3.05) is 0 Å². The van der Waals surface area contributed by atoms with Gasteiger partial charge in [0.25, 0.3) is 0 Å². The van der Waals surface area contributed by atoms with E-state index in [9.17, 15) is 13.6 Å². The van der Waals surface area contributed by atoms with E-state index >= 15 is 0 Å². The Morgan fingerprint density at radius 2 is 2.07 bits per heavy atom. The molecule has 28 heavy (non-hydrogen) atoms. The first-order chi connectivity index (χ1) is 13.2. The Morgan fingerprint density at radius 3 is 2.79 bits per heavy atom. The monoisotopic (exact) mass is 503 g/mol. The van der Waals surface area contributed by atoms with Crippen LogP contribution < -0.4 is 10.1 Å². The minimum absolute atomic E-state index is 0.0849. The van der Waals surface area contributed by atoms with Crippen molar-refractivity contribution in [1.82, 2.24) is 5.32 Å². The molecule has 6 heteroatoms. The summed E-state index contributed by atoms with van der Waals surface area (Å²) in [5, 5.41) is 3.15. The highest BCUT2D eigenvalue weighted by atomic mass is 127. The Labute approximate surface area is 179 Å². The normalized spacial score (nSPS) is 26.6. The van der Waals surface area contributed by atoms with Gasteiger partial charge in [0, 0.05) is 16.7 Å². The number of halogens is 3. The average Bonchev–Trinajstić information content (AvgIpc) is 2.92. The minimum atomic E-state index is -3.27. The van der Waals surface area contributed by atoms with Crippen LogP contribution in [0.5, 0.6) is 5.75 Å². The Balaban J connectivity index is 1.83. The summed E-state index contributed by atoms with van der Waals surface area (Å²) in [6.07, 6.45) is 8.12. The molecule has 1 N–H and O–H groups in total. The van der Waals surface area contributed by atoms with Gasteiger partial charge in [-0.25, -0.2) is 0 Å². The molecule has 1 aliphatic carbocycles. The molecular weight excluding hydrogens is 475 g/mol. The number of nitrogens with one attached hydrogen (secondary N) is 1. The molecule has 2 unspecified atom stereocenters. The zero-order valence-corrected chi connectivity index (χ0v) is 18.7. The van der Waals surface area contributed by atoms with Gasteiger partial charge in [0.15, 0.2) is 0 Å². The standard InChI is InChI=1S/C22H28F2INO2/c1-3-16-6-5-11-21(13-10-16)12-9-15(2)19(26-20(21)27)17-7-4-8-18(14-17)28-22(23,24)25/h4,7-8,14,16H,3,5-6,9-13H2,1-2H3,(H,26,27). The molecular formula is C22H28F2INO2. The Morgan fingerprint density at radius 1 is 1.29 bits per heavy atom. The maximum atomic E-state index is 13.3. The number of amides is 1. The second-order valence-corrected chi connectivity index (χ2v) is 9.43. The average molecular weight is 503 g/mol. The molecule has 1 heterocycles. The zero-order chi connectivity index (χ0) is 20.4. The molecule has 1 aromatic carbocycles. The molecule has 0 aromatic heterocycles. The second-order valence-electron chi connectivity index (χ2n) is 8.17. The smallest absolute Gasteiger partial charge is 0.425 e. The van der Waals surface area contributed by atoms with E-state index in [4.69, 9.17) is 4.74 Å². The number of alkyl halides is 3. The number of rotatable bonds is 4. The van der Waals surface area contributed by atoms with Crippen molar-refractivity contribution < 1.29 is 18.3 Å². The van der Waals surface area contributed by atoms with Crippen LogP contribution in [0, 0.1) is 11.3 Å². The third-order valence-corrected chi connectivity index (χ3v) is 6.58. The van der Waals surface area contributed by atoms with Crippen LogP contribution in [0.2, 0.25) is 0 Å². The quantitative estimate of drug-likeness (QED) is 0.368. The van der Waals surface area contributed by atoms with Gasteiger partial charge in [-0.3, -0.25) is 4.79 Å². The number of carbonyl (C=O) groups is 1. The fraction of sp³-hybridized carbons (Fsp3) is 0.591. The molecule has 2 atom stereocenters. The van der Waals surface area contributed by atoms with E-state index in [0.29, 0.717) is 11.5 Å². The van der Waals surface area contributed by atoms with Crippen molar-refractivity contribution >= 4 is 34.2 Å². The number of ether oxygens (including phenoxy) is 1. The van der Waals surface area contributed by atoms with Gasteiger partial charge in [0.05, 0.1) is 22.6 Å². The molecule has 154 valence electrons. The van der Waals surface area contributed by atoms with E-state index < -0.39 is 4.12 Å². The van der Waals surface area contributed by atoms with Gasteiger partial charge in [-0.2, -0.15) is 8.78 Å². The highest BCUT2D eigenvalue weighted by Crippen LogP contribution is 2.45. The Hall–Kier alpha value is -1.18. The van der Waals surface area contributed by atoms with Gasteiger partial charge < -0.3 is 10.1 Å². The van der Waals surface area contributed by atoms with Crippen molar-refractivity contribution in [2.45, 2.75) is 69.3 Å². The van der Waals surface area contributed by atoms with Crippen molar-refractivity contribution in [3.8, 4) is 5.75 Å². The molecule has 0 saturated heterocycles. The lowest BCUT2D eigenvalue weighted by atomic mass is 9.75. The summed E-state index contributed by atoms with van der Waals surface area (Å²) in [6, 6.07) is 6.58. The first-order valence-corrected chi connectivity index (χ1v) is 11.2. The third kappa shape index (κ3) is 5.05. The van der Waals surface area contributed by atoms with Gasteiger partial charge in [-0.1, -0.05) is 38.3 Å². The van der Waals surface area contributed by atoms with Crippen LogP contribution in [0.1, 0.15) is 70.8 Å². The molecule has 1 spiro atoms. The van der Waals surface area contributed by atoms with Crippen LogP contribution in [-0.2, 0) is 4.79 Å². The highest BCUT2D eigenvalue weighted by molar-refractivity contribution is 14.1. The summed E-state index contributed by atoms with van der Waals surface area (Å²) in [6.45, 7) is 4.24. The fourth-order valence-corrected chi connectivity index (χ4v) is 4.80. The molecule has 2 aliphatic rings. The predicted molar refractivity (Wildman–Crippen MR) is 115 cm³/mol. The summed E-state index contributed by atoms with van der Waals surface area (Å²) in [7, 11) is 0. The summed E-state index contributed by atoms with van der Waals surface area (Å²) < 4.78 is 27.8. The zero-order valence-electron chi connectivity index (χ0n) is 16.5. The van der Waals surface area contributed by atoms with E-state index in [1.54, 1.807) is 12.1 Å². The molecule has 1 aliphatic heterocycles. The van der Waals surface area contributed by atoms with Crippen LogP contribution in [0.15, 0.2) is 29.8 Å². The summed E-state index contributed by atoms with van der Waals surface area (Å²) in [5.74, 6) is 0.889. The van der Waals surface area contributed by atoms with Gasteiger partial charge in [0.1, 0.15) is 5.75 Å². The number of hydrogen-bond acceptors (Lipinski definition) is 2. The molecule has 0 bridgehead atoms. The molecule has 3 rings (SSSR count). The van der Waals surface area contributed by atoms with E-state index in [-0.39, 0.29) is 17.1 Å². The van der Waals surface area contributed by atoms with Crippen LogP contribution in [-0.4, -0.2) is 10.0 Å². The number of allylic oxidation sites excluding steroid dienone is 1. The Bertz CT molecular complexity index is 759. The summed E-state index contributed by atoms with van der Waals surface area (Å²) >= 11 is 0.956. The molecule has 1 fully saturated rings. The van der Waals surface area contributed by atoms with Gasteiger partial charge in [-0.15, -0.1) is 0 Å². The minimum Gasteiger partial charge on any atom is -0.425 e. The van der Waals surface area contributed by atoms with E-state index in [1.165, 1.54) is 18.9 Å². The lowest BCUT2D eigenvalue weighted by Gasteiger charge is -2.30. The number of hydrogen-bond donors (Lipinski definition) is 1. The van der Waals surface area contributed by atoms with Crippen LogP contribution in [0.3, 0.4) is 0 Å². The first kappa shape index (κ1) is 21.5. The van der Waals surface area contributed by atoms with E-state index in [1.807, 2.05) is 13.0 Å². The molecule has 1 amide bonds. The van der Waals surface area contributed by atoms with Gasteiger partial charge >= 0.3 is 4.12 Å². The van der Waals surface area contributed by atoms with Crippen molar-refractivity contribution in [2.24, 2.45) is 11.3 Å². The lowest BCUT2D eigenvalue weighted by Crippen LogP contribution is -2.38.